The Hall–Kier alpha value is -0.220. The number of nitrogens with two attached hydrogens (primary N) is 1. The highest BCUT2D eigenvalue weighted by Crippen LogP contribution is 2.09. The third-order valence-electron chi connectivity index (χ3n) is 2.05. The molecule has 0 aliphatic heterocycles. The molecule has 0 heterocycles. The first-order valence-electron chi connectivity index (χ1n) is 5.40. The Kier molecular flexibility index (Phi) is 7.88. The first kappa shape index (κ1) is 16.8. The molecule has 0 radical (unpaired) electrons. The van der Waals surface area contributed by atoms with Crippen molar-refractivity contribution in [2.45, 2.75) is 45.4 Å². The molecule has 0 aromatic rings. The van der Waals surface area contributed by atoms with Crippen molar-refractivity contribution in [3.8, 4) is 0 Å². The van der Waals surface area contributed by atoms with Gasteiger partial charge in [0.25, 0.3) is 10.1 Å². The zero-order valence-electron chi connectivity index (χ0n) is 9.79. The molecule has 0 aromatic heterocycles. The summed E-state index contributed by atoms with van der Waals surface area (Å²) in [6.45, 7) is 2.08. The number of rotatable bonds is 10. The van der Waals surface area contributed by atoms with Gasteiger partial charge in [-0.2, -0.15) is 27.0 Å². The number of hydrogen-bond acceptors (Lipinski definition) is 7. The van der Waals surface area contributed by atoms with Crippen LogP contribution in [-0.2, 0) is 28.4 Å². The second kappa shape index (κ2) is 7.98. The predicted molar refractivity (Wildman–Crippen MR) is 62.4 cm³/mol. The van der Waals surface area contributed by atoms with E-state index in [1.54, 1.807) is 0 Å². The molecule has 0 unspecified atom stereocenters. The van der Waals surface area contributed by atoms with Crippen molar-refractivity contribution in [1.29, 1.82) is 0 Å². The molecule has 0 saturated carbocycles. The fourth-order valence-corrected chi connectivity index (χ4v) is 3.21. The minimum absolute atomic E-state index is 0.353. The third kappa shape index (κ3) is 9.48. The second-order valence-corrected chi connectivity index (χ2v) is 6.68. The van der Waals surface area contributed by atoms with Crippen LogP contribution >= 0.6 is 0 Å². The molecule has 0 aliphatic carbocycles. The van der Waals surface area contributed by atoms with Gasteiger partial charge >= 0.3 is 10.4 Å². The van der Waals surface area contributed by atoms with E-state index in [9.17, 15) is 16.8 Å². The molecule has 0 aromatic carbocycles. The second-order valence-electron chi connectivity index (χ2n) is 3.60. The van der Waals surface area contributed by atoms with Crippen LogP contribution in [0.5, 0.6) is 0 Å². The lowest BCUT2D eigenvalue weighted by molar-refractivity contribution is 0.283. The summed E-state index contributed by atoms with van der Waals surface area (Å²) < 4.78 is 50.8. The van der Waals surface area contributed by atoms with Gasteiger partial charge in [0, 0.05) is 0 Å². The quantitative estimate of drug-likeness (QED) is 0.468. The van der Waals surface area contributed by atoms with Crippen molar-refractivity contribution in [3.05, 3.63) is 0 Å². The summed E-state index contributed by atoms with van der Waals surface area (Å²) in [4.78, 5) is 0. The summed E-state index contributed by atoms with van der Waals surface area (Å²) in [7, 11) is -8.78. The smallest absolute Gasteiger partial charge is 0.198 e. The van der Waals surface area contributed by atoms with Gasteiger partial charge < -0.3 is 0 Å². The van der Waals surface area contributed by atoms with E-state index >= 15 is 0 Å². The molecule has 0 amide bonds. The molecule has 17 heavy (non-hydrogen) atoms. The zero-order valence-corrected chi connectivity index (χ0v) is 11.4. The summed E-state index contributed by atoms with van der Waals surface area (Å²) in [5.41, 5.74) is 0. The molecule has 0 spiro atoms. The van der Waals surface area contributed by atoms with Crippen LogP contribution in [0.1, 0.15) is 45.4 Å². The average Bonchev–Trinajstić information content (AvgIpc) is 2.22. The van der Waals surface area contributed by atoms with Crippen molar-refractivity contribution in [2.75, 3.05) is 5.75 Å². The Balaban J connectivity index is 3.88. The van der Waals surface area contributed by atoms with Crippen molar-refractivity contribution in [1.82, 2.24) is 0 Å². The fourth-order valence-electron chi connectivity index (χ4n) is 1.24. The van der Waals surface area contributed by atoms with Crippen molar-refractivity contribution in [3.63, 3.8) is 0 Å². The van der Waals surface area contributed by atoms with Crippen LogP contribution in [0.15, 0.2) is 0 Å². The Morgan fingerprint density at radius 3 is 2.00 bits per heavy atom. The molecule has 0 aliphatic rings. The molecule has 7 nitrogen and oxygen atoms in total. The van der Waals surface area contributed by atoms with E-state index in [1.165, 1.54) is 0 Å². The molecular weight excluding hydrogens is 270 g/mol. The van der Waals surface area contributed by atoms with Crippen molar-refractivity contribution >= 4 is 20.5 Å². The topological polar surface area (TPSA) is 113 Å². The molecule has 0 rings (SSSR count). The van der Waals surface area contributed by atoms with E-state index < -0.39 is 20.5 Å². The summed E-state index contributed by atoms with van der Waals surface area (Å²) in [5.74, 6) is 3.99. The van der Waals surface area contributed by atoms with Crippen LogP contribution in [0.2, 0.25) is 0 Å². The van der Waals surface area contributed by atoms with Gasteiger partial charge in [0.2, 0.25) is 0 Å². The average molecular weight is 289 g/mol. The first-order valence-corrected chi connectivity index (χ1v) is 8.31. The molecule has 0 bridgehead atoms. The van der Waals surface area contributed by atoms with Gasteiger partial charge in [-0.15, -0.1) is 3.63 Å². The molecule has 9 heteroatoms. The highest BCUT2D eigenvalue weighted by atomic mass is 32.3. The van der Waals surface area contributed by atoms with Gasteiger partial charge in [-0.25, -0.2) is 0 Å². The minimum Gasteiger partial charge on any atom is -0.198 e. The van der Waals surface area contributed by atoms with Gasteiger partial charge in [-0.05, 0) is 6.42 Å². The molecule has 2 N–H and O–H groups in total. The minimum atomic E-state index is -4.64. The van der Waals surface area contributed by atoms with Crippen LogP contribution in [0.4, 0.5) is 0 Å². The summed E-state index contributed by atoms with van der Waals surface area (Å²) in [6.07, 6.45) is 5.25. The van der Waals surface area contributed by atoms with Gasteiger partial charge in [-0.1, -0.05) is 39.0 Å². The van der Waals surface area contributed by atoms with E-state index in [4.69, 9.17) is 0 Å². The third-order valence-corrected chi connectivity index (χ3v) is 4.57. The maximum absolute atomic E-state index is 11.2. The van der Waals surface area contributed by atoms with Crippen LogP contribution in [0.3, 0.4) is 0 Å². The van der Waals surface area contributed by atoms with Gasteiger partial charge in [0.1, 0.15) is 0 Å². The molecule has 0 saturated heterocycles. The maximum atomic E-state index is 11.2. The molecule has 104 valence electrons. The van der Waals surface area contributed by atoms with Crippen molar-refractivity contribution in [2.24, 2.45) is 5.90 Å². The summed E-state index contributed by atoms with van der Waals surface area (Å²) in [5, 5.41) is 0. The Labute approximate surface area is 103 Å². The highest BCUT2D eigenvalue weighted by molar-refractivity contribution is 7.97. The van der Waals surface area contributed by atoms with Gasteiger partial charge in [0.05, 0.1) is 5.75 Å². The normalized spacial score (nSPS) is 12.8. The standard InChI is InChI=1S/C8H19NO6S2/c1-2-3-4-5-6-7-8-16(10,11)15-17(12,13)14-9/h2-9H2,1H3. The highest BCUT2D eigenvalue weighted by Gasteiger charge is 2.22. The lowest BCUT2D eigenvalue weighted by atomic mass is 10.1. The number of hydrogen-bond donors (Lipinski definition) is 1. The van der Waals surface area contributed by atoms with Gasteiger partial charge in [-0.3, -0.25) is 0 Å². The molecular formula is C8H19NO6S2. The lowest BCUT2D eigenvalue weighted by Crippen LogP contribution is -2.20. The summed E-state index contributed by atoms with van der Waals surface area (Å²) >= 11 is 0. The first-order chi connectivity index (χ1) is 7.83. The zero-order chi connectivity index (χ0) is 13.4. The maximum Gasteiger partial charge on any atom is 0.430 e. The summed E-state index contributed by atoms with van der Waals surface area (Å²) in [6, 6.07) is 0. The number of unbranched alkanes of at least 4 members (excludes halogenated alkanes) is 5. The van der Waals surface area contributed by atoms with E-state index in [0.717, 1.165) is 25.7 Å². The lowest BCUT2D eigenvalue weighted by Gasteiger charge is -2.03. The predicted octanol–water partition coefficient (Wildman–Crippen LogP) is 0.828. The van der Waals surface area contributed by atoms with Crippen molar-refractivity contribution < 1.29 is 24.7 Å². The SMILES string of the molecule is CCCCCCCCS(=O)(=O)OS(=O)(=O)ON. The Morgan fingerprint density at radius 2 is 1.47 bits per heavy atom. The Bertz CT molecular complexity index is 388. The van der Waals surface area contributed by atoms with Crippen LogP contribution in [-0.4, -0.2) is 22.6 Å². The molecule has 0 atom stereocenters. The van der Waals surface area contributed by atoms with Gasteiger partial charge in [0.15, 0.2) is 0 Å². The van der Waals surface area contributed by atoms with E-state index in [-0.39, 0.29) is 5.75 Å². The van der Waals surface area contributed by atoms with Crippen LogP contribution in [0.25, 0.3) is 0 Å². The monoisotopic (exact) mass is 289 g/mol. The van der Waals surface area contributed by atoms with Crippen LogP contribution in [0, 0.1) is 0 Å². The molecule has 0 fully saturated rings. The Morgan fingerprint density at radius 1 is 0.941 bits per heavy atom. The van der Waals surface area contributed by atoms with E-state index in [0.29, 0.717) is 12.8 Å². The van der Waals surface area contributed by atoms with E-state index in [1.807, 2.05) is 0 Å². The fraction of sp³-hybridized carbons (Fsp3) is 1.00. The van der Waals surface area contributed by atoms with Crippen LogP contribution < -0.4 is 5.90 Å². The largest absolute Gasteiger partial charge is 0.430 e. The van der Waals surface area contributed by atoms with E-state index in [2.05, 4.69) is 20.7 Å².